The second-order valence-electron chi connectivity index (χ2n) is 4.50. The van der Waals surface area contributed by atoms with E-state index in [1.807, 2.05) is 0 Å². The van der Waals surface area contributed by atoms with E-state index in [1.165, 1.54) is 6.92 Å². The third-order valence-corrected chi connectivity index (χ3v) is 2.95. The summed E-state index contributed by atoms with van der Waals surface area (Å²) in [6, 6.07) is 7.92. The van der Waals surface area contributed by atoms with E-state index in [0.717, 1.165) is 0 Å². The molecule has 0 heterocycles. The van der Waals surface area contributed by atoms with E-state index in [0.29, 0.717) is 5.56 Å². The molecule has 2 unspecified atom stereocenters. The van der Waals surface area contributed by atoms with Crippen LogP contribution in [0.15, 0.2) is 30.3 Å². The topological polar surface area (TPSA) is 55.1 Å². The van der Waals surface area contributed by atoms with E-state index in [2.05, 4.69) is 0 Å². The second kappa shape index (κ2) is 8.19. The van der Waals surface area contributed by atoms with E-state index < -0.39 is 36.8 Å². The molecular formula is C13H17ClF4N2O. The van der Waals surface area contributed by atoms with Crippen molar-refractivity contribution in [1.29, 1.82) is 0 Å². The Morgan fingerprint density at radius 1 is 1.29 bits per heavy atom. The zero-order valence-electron chi connectivity index (χ0n) is 11.2. The quantitative estimate of drug-likeness (QED) is 0.789. The third kappa shape index (κ3) is 5.51. The molecule has 3 nitrogen and oxygen atoms in total. The lowest BCUT2D eigenvalue weighted by molar-refractivity contribution is -0.138. The number of carbonyl (C=O) groups excluding carboxylic acids is 1. The molecule has 0 saturated heterocycles. The van der Waals surface area contributed by atoms with Gasteiger partial charge in [0, 0.05) is 6.04 Å². The van der Waals surface area contributed by atoms with Crippen molar-refractivity contribution in [1.82, 2.24) is 5.32 Å². The summed E-state index contributed by atoms with van der Waals surface area (Å²) in [4.78, 5) is 11.7. The van der Waals surface area contributed by atoms with Crippen LogP contribution in [-0.2, 0) is 4.79 Å². The molecule has 0 spiro atoms. The van der Waals surface area contributed by atoms with Crippen molar-refractivity contribution in [3.05, 3.63) is 35.9 Å². The van der Waals surface area contributed by atoms with Crippen LogP contribution in [0, 0.1) is 5.92 Å². The van der Waals surface area contributed by atoms with Gasteiger partial charge in [0.15, 0.2) is 0 Å². The molecule has 0 bridgehead atoms. The first-order valence-corrected chi connectivity index (χ1v) is 6.00. The molecule has 0 saturated carbocycles. The summed E-state index contributed by atoms with van der Waals surface area (Å²) in [6.45, 7) is 0.0445. The maximum absolute atomic E-state index is 12.7. The number of carbonyl (C=O) groups is 1. The zero-order valence-corrected chi connectivity index (χ0v) is 12.0. The van der Waals surface area contributed by atoms with Crippen LogP contribution in [0.4, 0.5) is 17.6 Å². The lowest BCUT2D eigenvalue weighted by Crippen LogP contribution is -2.44. The van der Waals surface area contributed by atoms with Gasteiger partial charge in [-0.15, -0.1) is 12.4 Å². The van der Waals surface area contributed by atoms with Crippen molar-refractivity contribution in [3.8, 4) is 0 Å². The Kier molecular flexibility index (Phi) is 7.67. The van der Waals surface area contributed by atoms with Gasteiger partial charge < -0.3 is 11.1 Å². The van der Waals surface area contributed by atoms with Crippen LogP contribution in [0.2, 0.25) is 0 Å². The Bertz CT molecular complexity index is 445. The summed E-state index contributed by atoms with van der Waals surface area (Å²) in [6.07, 6.45) is -3.82. The van der Waals surface area contributed by atoms with E-state index in [9.17, 15) is 22.4 Å². The van der Waals surface area contributed by atoms with Crippen molar-refractivity contribution in [2.24, 2.45) is 11.7 Å². The average Bonchev–Trinajstić information content (AvgIpc) is 2.44. The number of nitrogens with two attached hydrogens (primary N) is 1. The summed E-state index contributed by atoms with van der Waals surface area (Å²) in [5.74, 6) is -5.85. The van der Waals surface area contributed by atoms with Crippen LogP contribution < -0.4 is 11.1 Å². The molecule has 0 aliphatic carbocycles. The molecule has 1 aromatic carbocycles. The Balaban J connectivity index is 0.00000400. The number of hydrogen-bond acceptors (Lipinski definition) is 2. The summed E-state index contributed by atoms with van der Waals surface area (Å²) in [5.41, 5.74) is 6.50. The molecule has 1 rings (SSSR count). The first kappa shape index (κ1) is 19.7. The lowest BCUT2D eigenvalue weighted by atomic mass is 9.94. The van der Waals surface area contributed by atoms with Gasteiger partial charge in [-0.2, -0.15) is 8.78 Å². The number of alkyl halides is 4. The molecule has 0 fully saturated rings. The Morgan fingerprint density at radius 3 is 2.29 bits per heavy atom. The van der Waals surface area contributed by atoms with Crippen LogP contribution in [0.5, 0.6) is 0 Å². The minimum absolute atomic E-state index is 0. The van der Waals surface area contributed by atoms with Crippen molar-refractivity contribution < 1.29 is 22.4 Å². The van der Waals surface area contributed by atoms with Crippen molar-refractivity contribution in [3.63, 3.8) is 0 Å². The van der Waals surface area contributed by atoms with E-state index in [1.54, 1.807) is 35.6 Å². The first-order valence-electron chi connectivity index (χ1n) is 6.00. The van der Waals surface area contributed by atoms with Crippen molar-refractivity contribution in [2.75, 3.05) is 6.54 Å². The molecule has 0 radical (unpaired) electrons. The maximum atomic E-state index is 12.7. The maximum Gasteiger partial charge on any atom is 0.324 e. The summed E-state index contributed by atoms with van der Waals surface area (Å²) in [5, 5.41) is 1.81. The number of halogens is 5. The number of amides is 1. The van der Waals surface area contributed by atoms with Gasteiger partial charge in [0.25, 0.3) is 0 Å². The van der Waals surface area contributed by atoms with Gasteiger partial charge in [0.05, 0.1) is 12.5 Å². The molecule has 0 aliphatic rings. The Hall–Kier alpha value is -1.34. The number of nitrogens with one attached hydrogen (secondary N) is 1. The average molecular weight is 329 g/mol. The highest BCUT2D eigenvalue weighted by Gasteiger charge is 2.41. The minimum atomic E-state index is -4.24. The predicted octanol–water partition coefficient (Wildman–Crippen LogP) is 2.76. The molecule has 0 aliphatic heterocycles. The van der Waals surface area contributed by atoms with Gasteiger partial charge in [-0.05, 0) is 5.56 Å². The summed E-state index contributed by atoms with van der Waals surface area (Å²) in [7, 11) is 0. The van der Waals surface area contributed by atoms with Crippen LogP contribution in [0.3, 0.4) is 0 Å². The highest BCUT2D eigenvalue weighted by Crippen LogP contribution is 2.23. The SMILES string of the molecule is CC(C(=O)NCC(F)(F)C(F)F)C(N)c1ccccc1.Cl. The van der Waals surface area contributed by atoms with Crippen LogP contribution in [0.25, 0.3) is 0 Å². The smallest absolute Gasteiger partial charge is 0.324 e. The summed E-state index contributed by atoms with van der Waals surface area (Å²) >= 11 is 0. The monoisotopic (exact) mass is 328 g/mol. The lowest BCUT2D eigenvalue weighted by Gasteiger charge is -2.22. The normalized spacial score (nSPS) is 14.2. The zero-order chi connectivity index (χ0) is 15.3. The fraction of sp³-hybridized carbons (Fsp3) is 0.462. The van der Waals surface area contributed by atoms with Crippen LogP contribution in [0.1, 0.15) is 18.5 Å². The number of benzene rings is 1. The Morgan fingerprint density at radius 2 is 1.81 bits per heavy atom. The molecule has 2 atom stereocenters. The van der Waals surface area contributed by atoms with Crippen molar-refractivity contribution in [2.45, 2.75) is 25.3 Å². The summed E-state index contributed by atoms with van der Waals surface area (Å²) < 4.78 is 49.3. The van der Waals surface area contributed by atoms with Gasteiger partial charge in [0.1, 0.15) is 0 Å². The van der Waals surface area contributed by atoms with Gasteiger partial charge in [-0.25, -0.2) is 8.78 Å². The minimum Gasteiger partial charge on any atom is -0.350 e. The molecule has 21 heavy (non-hydrogen) atoms. The largest absolute Gasteiger partial charge is 0.350 e. The predicted molar refractivity (Wildman–Crippen MR) is 73.7 cm³/mol. The third-order valence-electron chi connectivity index (χ3n) is 2.95. The number of hydrogen-bond donors (Lipinski definition) is 2. The molecule has 1 amide bonds. The van der Waals surface area contributed by atoms with Crippen LogP contribution in [-0.4, -0.2) is 24.8 Å². The molecule has 8 heteroatoms. The van der Waals surface area contributed by atoms with E-state index in [-0.39, 0.29) is 12.4 Å². The second-order valence-corrected chi connectivity index (χ2v) is 4.50. The fourth-order valence-corrected chi connectivity index (χ4v) is 1.57. The molecular weight excluding hydrogens is 312 g/mol. The Labute approximate surface area is 126 Å². The molecule has 1 aromatic rings. The van der Waals surface area contributed by atoms with E-state index >= 15 is 0 Å². The van der Waals surface area contributed by atoms with Gasteiger partial charge in [-0.1, -0.05) is 37.3 Å². The number of rotatable bonds is 6. The fourth-order valence-electron chi connectivity index (χ4n) is 1.57. The van der Waals surface area contributed by atoms with Gasteiger partial charge >= 0.3 is 12.3 Å². The molecule has 120 valence electrons. The van der Waals surface area contributed by atoms with Crippen molar-refractivity contribution >= 4 is 18.3 Å². The van der Waals surface area contributed by atoms with Gasteiger partial charge in [-0.3, -0.25) is 4.79 Å². The highest BCUT2D eigenvalue weighted by atomic mass is 35.5. The highest BCUT2D eigenvalue weighted by molar-refractivity contribution is 5.85. The standard InChI is InChI=1S/C13H16F4N2O.ClH/c1-8(10(18)9-5-3-2-4-6-9)11(20)19-7-13(16,17)12(14)15;/h2-6,8,10,12H,7,18H2,1H3,(H,19,20);1H. The van der Waals surface area contributed by atoms with Gasteiger partial charge in [0.2, 0.25) is 5.91 Å². The van der Waals surface area contributed by atoms with E-state index in [4.69, 9.17) is 5.73 Å². The molecule has 0 aromatic heterocycles. The van der Waals surface area contributed by atoms with Crippen LogP contribution >= 0.6 is 12.4 Å². The molecule has 3 N–H and O–H groups in total. The first-order chi connectivity index (χ1) is 9.25.